The van der Waals surface area contributed by atoms with E-state index in [1.807, 2.05) is 0 Å². The van der Waals surface area contributed by atoms with Crippen LogP contribution >= 0.6 is 0 Å². The molecule has 1 N–H and O–H groups in total. The summed E-state index contributed by atoms with van der Waals surface area (Å²) >= 11 is 0. The van der Waals surface area contributed by atoms with Crippen LogP contribution in [0.25, 0.3) is 0 Å². The quantitative estimate of drug-likeness (QED) is 0.410. The van der Waals surface area contributed by atoms with E-state index in [4.69, 9.17) is 4.55 Å². The standard InChI is InChI=1S/C8H12F4O6S/c1-2-17-5-6(13)18-4-3-7(9,10)8(11,12)19(14,15)16/h2-5H2,1H3,(H,14,15,16). The number of ether oxygens (including phenoxy) is 2. The second kappa shape index (κ2) is 6.48. The third kappa shape index (κ3) is 4.91. The maximum Gasteiger partial charge on any atom is 0.431 e. The van der Waals surface area contributed by atoms with Crippen LogP contribution in [0.5, 0.6) is 0 Å². The fourth-order valence-corrected chi connectivity index (χ4v) is 1.33. The fourth-order valence-electron chi connectivity index (χ4n) is 0.854. The molecule has 19 heavy (non-hydrogen) atoms. The molecule has 0 unspecified atom stereocenters. The Kier molecular flexibility index (Phi) is 6.16. The second-order valence-corrected chi connectivity index (χ2v) is 4.77. The number of carbonyl (C=O) groups is 1. The summed E-state index contributed by atoms with van der Waals surface area (Å²) in [6, 6.07) is 0. The van der Waals surface area contributed by atoms with Gasteiger partial charge in [-0.1, -0.05) is 0 Å². The predicted octanol–water partition coefficient (Wildman–Crippen LogP) is 1.07. The molecule has 0 heterocycles. The molecule has 0 aromatic rings. The van der Waals surface area contributed by atoms with Gasteiger partial charge in [-0.2, -0.15) is 26.0 Å². The van der Waals surface area contributed by atoms with Crippen LogP contribution in [0.4, 0.5) is 17.6 Å². The lowest BCUT2D eigenvalue weighted by Crippen LogP contribution is -2.47. The Labute approximate surface area is 106 Å². The number of hydrogen-bond acceptors (Lipinski definition) is 5. The van der Waals surface area contributed by atoms with Gasteiger partial charge >= 0.3 is 27.3 Å². The molecule has 0 aliphatic rings. The van der Waals surface area contributed by atoms with Crippen LogP contribution in [-0.4, -0.2) is 49.9 Å². The lowest BCUT2D eigenvalue weighted by atomic mass is 10.2. The molecule has 0 amide bonds. The van der Waals surface area contributed by atoms with Gasteiger partial charge in [-0.05, 0) is 6.92 Å². The lowest BCUT2D eigenvalue weighted by molar-refractivity contribution is -0.175. The minimum atomic E-state index is -6.27. The van der Waals surface area contributed by atoms with Gasteiger partial charge in [0.05, 0.1) is 13.0 Å². The Morgan fingerprint density at radius 1 is 1.26 bits per heavy atom. The first-order chi connectivity index (χ1) is 8.45. The zero-order valence-corrected chi connectivity index (χ0v) is 10.6. The molecule has 0 aromatic heterocycles. The molecule has 0 aliphatic heterocycles. The molecule has 0 aliphatic carbocycles. The van der Waals surface area contributed by atoms with Crippen molar-refractivity contribution in [1.82, 2.24) is 0 Å². The molecule has 0 saturated heterocycles. The fraction of sp³-hybridized carbons (Fsp3) is 0.875. The van der Waals surface area contributed by atoms with Gasteiger partial charge in [0.15, 0.2) is 0 Å². The zero-order chi connectivity index (χ0) is 15.3. The summed E-state index contributed by atoms with van der Waals surface area (Å²) < 4.78 is 88.1. The molecule has 11 heteroatoms. The summed E-state index contributed by atoms with van der Waals surface area (Å²) in [5, 5.41) is -5.66. The Hall–Kier alpha value is -0.940. The molecule has 0 saturated carbocycles. The zero-order valence-electron chi connectivity index (χ0n) is 9.74. The topological polar surface area (TPSA) is 89.9 Å². The van der Waals surface area contributed by atoms with Crippen molar-refractivity contribution in [2.45, 2.75) is 24.5 Å². The van der Waals surface area contributed by atoms with Crippen molar-refractivity contribution < 1.29 is 44.8 Å². The molecular weight excluding hydrogens is 300 g/mol. The highest BCUT2D eigenvalue weighted by atomic mass is 32.2. The van der Waals surface area contributed by atoms with Crippen molar-refractivity contribution in [2.75, 3.05) is 19.8 Å². The summed E-state index contributed by atoms with van der Waals surface area (Å²) in [4.78, 5) is 10.8. The number of esters is 1. The monoisotopic (exact) mass is 312 g/mol. The van der Waals surface area contributed by atoms with E-state index in [-0.39, 0.29) is 6.61 Å². The van der Waals surface area contributed by atoms with Gasteiger partial charge in [0, 0.05) is 6.61 Å². The van der Waals surface area contributed by atoms with Crippen molar-refractivity contribution in [3.05, 3.63) is 0 Å². The molecule has 6 nitrogen and oxygen atoms in total. The van der Waals surface area contributed by atoms with Crippen LogP contribution in [-0.2, 0) is 24.4 Å². The number of alkyl halides is 4. The molecule has 114 valence electrons. The highest BCUT2D eigenvalue weighted by Gasteiger charge is 2.65. The minimum absolute atomic E-state index is 0.159. The Bertz CT molecular complexity index is 407. The van der Waals surface area contributed by atoms with Gasteiger partial charge in [0.25, 0.3) is 0 Å². The third-order valence-electron chi connectivity index (χ3n) is 1.85. The number of hydrogen-bond donors (Lipinski definition) is 1. The van der Waals surface area contributed by atoms with Crippen molar-refractivity contribution >= 4 is 16.1 Å². The SMILES string of the molecule is CCOCC(=O)OCCC(F)(F)C(F)(F)S(=O)(=O)O. The molecule has 0 atom stereocenters. The van der Waals surface area contributed by atoms with E-state index in [9.17, 15) is 30.8 Å². The molecule has 0 fully saturated rings. The maximum absolute atomic E-state index is 12.9. The first-order valence-corrected chi connectivity index (χ1v) is 6.35. The van der Waals surface area contributed by atoms with E-state index >= 15 is 0 Å². The summed E-state index contributed by atoms with van der Waals surface area (Å²) in [6.07, 6.45) is -1.77. The van der Waals surface area contributed by atoms with E-state index in [1.54, 1.807) is 6.92 Å². The van der Waals surface area contributed by atoms with Gasteiger partial charge in [-0.3, -0.25) is 4.55 Å². The van der Waals surface area contributed by atoms with Crippen LogP contribution in [0.1, 0.15) is 13.3 Å². The number of halogens is 4. The van der Waals surface area contributed by atoms with Crippen molar-refractivity contribution in [1.29, 1.82) is 0 Å². The first kappa shape index (κ1) is 18.1. The average Bonchev–Trinajstić information content (AvgIpc) is 2.24. The largest absolute Gasteiger partial charge is 0.464 e. The minimum Gasteiger partial charge on any atom is -0.464 e. The van der Waals surface area contributed by atoms with Gasteiger partial charge in [-0.25, -0.2) is 4.79 Å². The van der Waals surface area contributed by atoms with Gasteiger partial charge in [-0.15, -0.1) is 0 Å². The van der Waals surface area contributed by atoms with E-state index in [1.165, 1.54) is 0 Å². The predicted molar refractivity (Wildman–Crippen MR) is 53.5 cm³/mol. The van der Waals surface area contributed by atoms with Crippen LogP contribution in [0, 0.1) is 0 Å². The first-order valence-electron chi connectivity index (χ1n) is 4.91. The highest BCUT2D eigenvalue weighted by Crippen LogP contribution is 2.40. The van der Waals surface area contributed by atoms with Crippen LogP contribution in [0.15, 0.2) is 0 Å². The Morgan fingerprint density at radius 3 is 2.21 bits per heavy atom. The third-order valence-corrected chi connectivity index (χ3v) is 2.80. The molecule has 0 spiro atoms. The summed E-state index contributed by atoms with van der Waals surface area (Å²) in [7, 11) is -6.27. The highest BCUT2D eigenvalue weighted by molar-refractivity contribution is 7.87. The molecule has 0 rings (SSSR count). The molecule has 0 aromatic carbocycles. The van der Waals surface area contributed by atoms with E-state index < -0.39 is 46.9 Å². The summed E-state index contributed by atoms with van der Waals surface area (Å²) in [6.45, 7) is 0.0148. The van der Waals surface area contributed by atoms with Crippen molar-refractivity contribution in [3.63, 3.8) is 0 Å². The van der Waals surface area contributed by atoms with Gasteiger partial charge in [0.1, 0.15) is 6.61 Å². The van der Waals surface area contributed by atoms with Crippen LogP contribution < -0.4 is 0 Å². The number of carbonyl (C=O) groups excluding carboxylic acids is 1. The van der Waals surface area contributed by atoms with Crippen LogP contribution in [0.3, 0.4) is 0 Å². The Morgan fingerprint density at radius 2 is 1.79 bits per heavy atom. The smallest absolute Gasteiger partial charge is 0.431 e. The van der Waals surface area contributed by atoms with E-state index in [0.717, 1.165) is 0 Å². The normalized spacial score (nSPS) is 13.4. The average molecular weight is 312 g/mol. The lowest BCUT2D eigenvalue weighted by Gasteiger charge is -2.23. The van der Waals surface area contributed by atoms with Crippen LogP contribution in [0.2, 0.25) is 0 Å². The summed E-state index contributed by atoms with van der Waals surface area (Å²) in [5.74, 6) is -6.14. The van der Waals surface area contributed by atoms with E-state index in [0.29, 0.717) is 0 Å². The second-order valence-electron chi connectivity index (χ2n) is 3.30. The van der Waals surface area contributed by atoms with Gasteiger partial charge < -0.3 is 9.47 Å². The van der Waals surface area contributed by atoms with Crippen molar-refractivity contribution in [2.24, 2.45) is 0 Å². The maximum atomic E-state index is 12.9. The number of rotatable bonds is 8. The van der Waals surface area contributed by atoms with E-state index in [2.05, 4.69) is 9.47 Å². The molecular formula is C8H12F4O6S. The van der Waals surface area contributed by atoms with Crippen molar-refractivity contribution in [3.8, 4) is 0 Å². The molecule has 0 radical (unpaired) electrons. The molecule has 0 bridgehead atoms. The summed E-state index contributed by atoms with van der Waals surface area (Å²) in [5.41, 5.74) is 0. The Balaban J connectivity index is 4.44. The van der Waals surface area contributed by atoms with Gasteiger partial charge in [0.2, 0.25) is 0 Å².